The van der Waals surface area contributed by atoms with Gasteiger partial charge in [0.1, 0.15) is 0 Å². The topological polar surface area (TPSA) is 15.3 Å². The van der Waals surface area contributed by atoms with Gasteiger partial charge in [0.25, 0.3) is 0 Å². The lowest BCUT2D eigenvalue weighted by atomic mass is 9.99. The highest BCUT2D eigenvalue weighted by Crippen LogP contribution is 2.28. The van der Waals surface area contributed by atoms with Crippen molar-refractivity contribution in [2.45, 2.75) is 18.9 Å². The van der Waals surface area contributed by atoms with Gasteiger partial charge in [-0.05, 0) is 30.5 Å². The van der Waals surface area contributed by atoms with E-state index in [0.29, 0.717) is 6.04 Å². The van der Waals surface area contributed by atoms with Crippen LogP contribution in [-0.2, 0) is 0 Å². The summed E-state index contributed by atoms with van der Waals surface area (Å²) in [4.78, 5) is 2.59. The summed E-state index contributed by atoms with van der Waals surface area (Å²) in [5.41, 5.74) is 1.41. The molecule has 0 unspecified atom stereocenters. The highest BCUT2D eigenvalue weighted by Gasteiger charge is 2.21. The van der Waals surface area contributed by atoms with E-state index in [9.17, 15) is 0 Å². The summed E-state index contributed by atoms with van der Waals surface area (Å²) < 4.78 is 1.17. The molecule has 1 aliphatic heterocycles. The number of nitrogens with one attached hydrogen (secondary N) is 1. The number of rotatable bonds is 5. The summed E-state index contributed by atoms with van der Waals surface area (Å²) in [5, 5.41) is 3.42. The first kappa shape index (κ1) is 13.8. The molecule has 1 atom stereocenters. The summed E-state index contributed by atoms with van der Waals surface area (Å²) in [5.74, 6) is 0. The molecule has 0 radical (unpaired) electrons. The Balaban J connectivity index is 2.15. The number of hydrogen-bond acceptors (Lipinski definition) is 2. The first-order chi connectivity index (χ1) is 8.81. The van der Waals surface area contributed by atoms with Crippen molar-refractivity contribution in [1.82, 2.24) is 10.2 Å². The Bertz CT molecular complexity index is 386. The predicted octanol–water partition coefficient (Wildman–Crippen LogP) is 3.36. The first-order valence-corrected chi connectivity index (χ1v) is 7.41. The van der Waals surface area contributed by atoms with E-state index in [1.165, 1.54) is 10.0 Å². The van der Waals surface area contributed by atoms with Crippen LogP contribution in [0.2, 0.25) is 0 Å². The lowest BCUT2D eigenvalue weighted by Gasteiger charge is -2.35. The van der Waals surface area contributed by atoms with E-state index in [4.69, 9.17) is 0 Å². The van der Waals surface area contributed by atoms with E-state index in [1.807, 2.05) is 6.08 Å². The van der Waals surface area contributed by atoms with Gasteiger partial charge in [0.2, 0.25) is 0 Å². The molecule has 0 aliphatic carbocycles. The van der Waals surface area contributed by atoms with Crippen molar-refractivity contribution in [3.63, 3.8) is 0 Å². The molecule has 1 aromatic rings. The molecule has 0 spiro atoms. The van der Waals surface area contributed by atoms with E-state index in [-0.39, 0.29) is 0 Å². The van der Waals surface area contributed by atoms with E-state index < -0.39 is 0 Å². The van der Waals surface area contributed by atoms with Crippen LogP contribution >= 0.6 is 15.9 Å². The molecule has 18 heavy (non-hydrogen) atoms. The molecule has 2 nitrogen and oxygen atoms in total. The van der Waals surface area contributed by atoms with Crippen LogP contribution in [0, 0.1) is 0 Å². The molecule has 98 valence electrons. The van der Waals surface area contributed by atoms with E-state index in [1.54, 1.807) is 0 Å². The summed E-state index contributed by atoms with van der Waals surface area (Å²) in [6.07, 6.45) is 4.24. The molecular weight excluding hydrogens is 288 g/mol. The summed E-state index contributed by atoms with van der Waals surface area (Å²) >= 11 is 3.57. The number of piperazine rings is 1. The van der Waals surface area contributed by atoms with Crippen molar-refractivity contribution >= 4 is 15.9 Å². The van der Waals surface area contributed by atoms with Gasteiger partial charge in [0.05, 0.1) is 0 Å². The Morgan fingerprint density at radius 3 is 2.83 bits per heavy atom. The fraction of sp³-hybridized carbons (Fsp3) is 0.467. The predicted molar refractivity (Wildman–Crippen MR) is 80.8 cm³/mol. The monoisotopic (exact) mass is 308 g/mol. The zero-order valence-corrected chi connectivity index (χ0v) is 12.3. The summed E-state index contributed by atoms with van der Waals surface area (Å²) in [6, 6.07) is 9.22. The zero-order chi connectivity index (χ0) is 12.8. The second kappa shape index (κ2) is 7.07. The normalized spacial score (nSPS) is 18.5. The van der Waals surface area contributed by atoms with Crippen molar-refractivity contribution in [1.29, 1.82) is 0 Å². The van der Waals surface area contributed by atoms with Crippen LogP contribution in [0.1, 0.15) is 24.4 Å². The number of benzene rings is 1. The Hall–Kier alpha value is -0.640. The van der Waals surface area contributed by atoms with Crippen molar-refractivity contribution in [2.75, 3.05) is 26.2 Å². The molecule has 1 aliphatic rings. The highest BCUT2D eigenvalue weighted by atomic mass is 79.9. The van der Waals surface area contributed by atoms with Crippen LogP contribution in [0.15, 0.2) is 41.4 Å². The minimum Gasteiger partial charge on any atom is -0.314 e. The first-order valence-electron chi connectivity index (χ1n) is 6.62. The quantitative estimate of drug-likeness (QED) is 0.839. The van der Waals surface area contributed by atoms with Gasteiger partial charge in [-0.1, -0.05) is 34.1 Å². The minimum absolute atomic E-state index is 0.516. The molecule has 3 heteroatoms. The maximum Gasteiger partial charge on any atom is 0.0352 e. The fourth-order valence-corrected chi connectivity index (χ4v) is 2.96. The maximum absolute atomic E-state index is 3.85. The molecule has 1 saturated heterocycles. The highest BCUT2D eigenvalue weighted by molar-refractivity contribution is 9.10. The van der Waals surface area contributed by atoms with Gasteiger partial charge in [0.15, 0.2) is 0 Å². The standard InChI is InChI=1S/C15H21BrN2/c1-2-3-7-15(18-10-8-17-9-11-18)13-5-4-6-14(16)12-13/h2,4-6,12,15,17H,1,3,7-11H2/t15-/m0/s1. The Labute approximate surface area is 118 Å². The Morgan fingerprint density at radius 1 is 1.39 bits per heavy atom. The van der Waals surface area contributed by atoms with Crippen molar-refractivity contribution in [3.8, 4) is 0 Å². The van der Waals surface area contributed by atoms with Crippen LogP contribution in [-0.4, -0.2) is 31.1 Å². The van der Waals surface area contributed by atoms with Crippen molar-refractivity contribution in [2.24, 2.45) is 0 Å². The van der Waals surface area contributed by atoms with Gasteiger partial charge in [-0.3, -0.25) is 4.90 Å². The Kier molecular flexibility index (Phi) is 5.42. The van der Waals surface area contributed by atoms with Crippen LogP contribution < -0.4 is 5.32 Å². The molecule has 0 amide bonds. The van der Waals surface area contributed by atoms with E-state index >= 15 is 0 Å². The molecule has 1 heterocycles. The third-order valence-corrected chi connectivity index (χ3v) is 3.96. The molecule has 0 aromatic heterocycles. The molecule has 1 N–H and O–H groups in total. The second-order valence-electron chi connectivity index (χ2n) is 4.72. The third kappa shape index (κ3) is 3.67. The smallest absolute Gasteiger partial charge is 0.0352 e. The van der Waals surface area contributed by atoms with Crippen molar-refractivity contribution < 1.29 is 0 Å². The van der Waals surface area contributed by atoms with Gasteiger partial charge in [-0.2, -0.15) is 0 Å². The van der Waals surface area contributed by atoms with Crippen LogP contribution in [0.3, 0.4) is 0 Å². The van der Waals surface area contributed by atoms with Gasteiger partial charge < -0.3 is 5.32 Å². The molecule has 1 aromatic carbocycles. The molecule has 1 fully saturated rings. The van der Waals surface area contributed by atoms with Gasteiger partial charge in [-0.15, -0.1) is 6.58 Å². The zero-order valence-electron chi connectivity index (χ0n) is 10.7. The Morgan fingerprint density at radius 2 is 2.17 bits per heavy atom. The van der Waals surface area contributed by atoms with Crippen LogP contribution in [0.25, 0.3) is 0 Å². The number of nitrogens with zero attached hydrogens (tertiary/aromatic N) is 1. The molecule has 0 saturated carbocycles. The lowest BCUT2D eigenvalue weighted by Crippen LogP contribution is -2.45. The van der Waals surface area contributed by atoms with Crippen molar-refractivity contribution in [3.05, 3.63) is 47.0 Å². The largest absolute Gasteiger partial charge is 0.314 e. The van der Waals surface area contributed by atoms with Gasteiger partial charge in [-0.25, -0.2) is 0 Å². The molecule has 0 bridgehead atoms. The van der Waals surface area contributed by atoms with Gasteiger partial charge in [0, 0.05) is 36.7 Å². The van der Waals surface area contributed by atoms with Crippen LogP contribution in [0.5, 0.6) is 0 Å². The summed E-state index contributed by atoms with van der Waals surface area (Å²) in [7, 11) is 0. The van der Waals surface area contributed by atoms with Crippen LogP contribution in [0.4, 0.5) is 0 Å². The average Bonchev–Trinajstić information content (AvgIpc) is 2.40. The summed E-state index contributed by atoms with van der Waals surface area (Å²) in [6.45, 7) is 8.31. The SMILES string of the molecule is C=CCC[C@@H](c1cccc(Br)c1)N1CCNCC1. The molecular formula is C15H21BrN2. The second-order valence-corrected chi connectivity index (χ2v) is 5.64. The lowest BCUT2D eigenvalue weighted by molar-refractivity contribution is 0.166. The number of hydrogen-bond donors (Lipinski definition) is 1. The van der Waals surface area contributed by atoms with Gasteiger partial charge >= 0.3 is 0 Å². The van der Waals surface area contributed by atoms with E-state index in [0.717, 1.165) is 39.0 Å². The average molecular weight is 309 g/mol. The van der Waals surface area contributed by atoms with E-state index in [2.05, 4.69) is 57.0 Å². The fourth-order valence-electron chi connectivity index (χ4n) is 2.54. The number of halogens is 1. The number of allylic oxidation sites excluding steroid dienone is 1. The third-order valence-electron chi connectivity index (χ3n) is 3.47. The maximum atomic E-state index is 3.85. The minimum atomic E-state index is 0.516. The molecule has 2 rings (SSSR count).